The second-order valence-corrected chi connectivity index (χ2v) is 7.87. The number of carbonyl (C=O) groups excluding carboxylic acids is 2. The van der Waals surface area contributed by atoms with Crippen LogP contribution in [0.1, 0.15) is 12.8 Å². The maximum Gasteiger partial charge on any atom is 0.317 e. The molecule has 32 heavy (non-hydrogen) atoms. The highest BCUT2D eigenvalue weighted by Gasteiger charge is 2.19. The van der Waals surface area contributed by atoms with Crippen LogP contribution < -0.4 is 10.6 Å². The van der Waals surface area contributed by atoms with Gasteiger partial charge in [0, 0.05) is 92.4 Å². The van der Waals surface area contributed by atoms with Crippen molar-refractivity contribution in [3.8, 4) is 0 Å². The van der Waals surface area contributed by atoms with E-state index in [1.807, 2.05) is 9.80 Å². The van der Waals surface area contributed by atoms with Crippen LogP contribution in [-0.4, -0.2) is 146 Å². The van der Waals surface area contributed by atoms with E-state index < -0.39 is 11.9 Å². The second kappa shape index (κ2) is 15.5. The summed E-state index contributed by atoms with van der Waals surface area (Å²) in [6.45, 7) is 5.21. The van der Waals surface area contributed by atoms with Crippen molar-refractivity contribution in [2.75, 3.05) is 92.6 Å². The summed E-state index contributed by atoms with van der Waals surface area (Å²) in [5.41, 5.74) is 0. The fourth-order valence-electron chi connectivity index (χ4n) is 3.49. The summed E-state index contributed by atoms with van der Waals surface area (Å²) in [4.78, 5) is 53.9. The Balaban J connectivity index is 2.89. The minimum Gasteiger partial charge on any atom is -0.480 e. The molecule has 0 bridgehead atoms. The van der Waals surface area contributed by atoms with Gasteiger partial charge in [-0.3, -0.25) is 29.0 Å². The number of rotatable bonds is 10. The smallest absolute Gasteiger partial charge is 0.317 e. The Labute approximate surface area is 189 Å². The third-order valence-corrected chi connectivity index (χ3v) is 5.52. The molecule has 0 aromatic rings. The summed E-state index contributed by atoms with van der Waals surface area (Å²) in [5, 5.41) is 23.8. The number of aliphatic carboxylic acids is 2. The summed E-state index contributed by atoms with van der Waals surface area (Å²) in [6.07, 6.45) is 0.642. The predicted octanol–water partition coefficient (Wildman–Crippen LogP) is -2.35. The van der Waals surface area contributed by atoms with Gasteiger partial charge in [0.05, 0.1) is 13.1 Å². The Morgan fingerprint density at radius 3 is 1.12 bits per heavy atom. The van der Waals surface area contributed by atoms with Crippen molar-refractivity contribution >= 4 is 23.8 Å². The summed E-state index contributed by atoms with van der Waals surface area (Å²) in [7, 11) is 3.16. The Kier molecular flexibility index (Phi) is 13.5. The molecule has 0 unspecified atom stereocenters. The average molecular weight is 459 g/mol. The summed E-state index contributed by atoms with van der Waals surface area (Å²) >= 11 is 0. The molecular formula is C20H38N6O6. The lowest BCUT2D eigenvalue weighted by molar-refractivity contribution is -0.139. The Hall–Kier alpha value is -2.28. The predicted molar refractivity (Wildman–Crippen MR) is 118 cm³/mol. The molecule has 0 spiro atoms. The summed E-state index contributed by atoms with van der Waals surface area (Å²) in [5.74, 6) is -1.96. The first-order valence-corrected chi connectivity index (χ1v) is 11.0. The Bertz CT molecular complexity index is 551. The zero-order chi connectivity index (χ0) is 23.9. The summed E-state index contributed by atoms with van der Waals surface area (Å²) < 4.78 is 0. The normalized spacial score (nSPS) is 18.3. The van der Waals surface area contributed by atoms with Crippen LogP contribution in [-0.2, 0) is 19.2 Å². The highest BCUT2D eigenvalue weighted by Crippen LogP contribution is 2.03. The van der Waals surface area contributed by atoms with Crippen molar-refractivity contribution < 1.29 is 29.4 Å². The van der Waals surface area contributed by atoms with E-state index in [1.165, 1.54) is 0 Å². The molecule has 2 amide bonds. The van der Waals surface area contributed by atoms with Crippen LogP contribution in [0.4, 0.5) is 0 Å². The minimum absolute atomic E-state index is 0.0762. The van der Waals surface area contributed by atoms with Crippen LogP contribution in [0.2, 0.25) is 0 Å². The van der Waals surface area contributed by atoms with Crippen LogP contribution in [0.15, 0.2) is 0 Å². The standard InChI is InChI=1S/C20H38N6O6/c1-21-17(27)3-5-23-7-11-25(15-19(29)30)13-9-24(6-4-18(28)22-2)10-14-26(12-8-23)16-20(31)32/h3-16H2,1-2H3,(H,21,27)(H,22,28)(H,29,30)(H,31,32). The molecule has 0 aliphatic carbocycles. The Morgan fingerprint density at radius 1 is 0.594 bits per heavy atom. The molecule has 0 saturated carbocycles. The lowest BCUT2D eigenvalue weighted by atomic mass is 10.3. The maximum absolute atomic E-state index is 11.7. The van der Waals surface area contributed by atoms with Gasteiger partial charge in [-0.2, -0.15) is 0 Å². The molecule has 12 nitrogen and oxygen atoms in total. The van der Waals surface area contributed by atoms with Crippen molar-refractivity contribution in [2.45, 2.75) is 12.8 Å². The summed E-state index contributed by atoms with van der Waals surface area (Å²) in [6, 6.07) is 0. The van der Waals surface area contributed by atoms with Crippen LogP contribution >= 0.6 is 0 Å². The molecule has 0 radical (unpaired) electrons. The highest BCUT2D eigenvalue weighted by molar-refractivity contribution is 5.76. The van der Waals surface area contributed by atoms with Crippen molar-refractivity contribution in [1.82, 2.24) is 30.2 Å². The van der Waals surface area contributed by atoms with Crippen molar-refractivity contribution in [2.24, 2.45) is 0 Å². The molecule has 0 aromatic carbocycles. The van der Waals surface area contributed by atoms with Gasteiger partial charge >= 0.3 is 11.9 Å². The largest absolute Gasteiger partial charge is 0.480 e. The van der Waals surface area contributed by atoms with E-state index in [2.05, 4.69) is 20.4 Å². The molecule has 1 aliphatic rings. The van der Waals surface area contributed by atoms with Gasteiger partial charge in [-0.15, -0.1) is 0 Å². The first kappa shape index (κ1) is 27.8. The number of carboxylic acids is 2. The molecule has 4 N–H and O–H groups in total. The zero-order valence-electron chi connectivity index (χ0n) is 19.2. The molecule has 12 heteroatoms. The van der Waals surface area contributed by atoms with Crippen LogP contribution in [0, 0.1) is 0 Å². The molecule has 0 aromatic heterocycles. The van der Waals surface area contributed by atoms with E-state index in [9.17, 15) is 29.4 Å². The van der Waals surface area contributed by atoms with E-state index in [0.717, 1.165) is 0 Å². The maximum atomic E-state index is 11.7. The number of hydrogen-bond acceptors (Lipinski definition) is 8. The fourth-order valence-corrected chi connectivity index (χ4v) is 3.49. The second-order valence-electron chi connectivity index (χ2n) is 7.87. The van der Waals surface area contributed by atoms with Gasteiger partial charge in [0.1, 0.15) is 0 Å². The number of hydrogen-bond donors (Lipinski definition) is 4. The van der Waals surface area contributed by atoms with E-state index in [-0.39, 0.29) is 24.9 Å². The zero-order valence-corrected chi connectivity index (χ0v) is 19.2. The minimum atomic E-state index is -0.904. The molecule has 1 fully saturated rings. The van der Waals surface area contributed by atoms with E-state index in [0.29, 0.717) is 78.3 Å². The quantitative estimate of drug-likeness (QED) is 0.281. The van der Waals surface area contributed by atoms with Gasteiger partial charge in [-0.05, 0) is 0 Å². The molecule has 1 saturated heterocycles. The lowest BCUT2D eigenvalue weighted by Gasteiger charge is -2.33. The SMILES string of the molecule is CNC(=O)CCN1CCN(CC(=O)O)CCN(CCC(=O)NC)CCN(CC(=O)O)CC1. The molecule has 1 heterocycles. The number of carbonyl (C=O) groups is 4. The van der Waals surface area contributed by atoms with Crippen LogP contribution in [0.25, 0.3) is 0 Å². The van der Waals surface area contributed by atoms with Gasteiger partial charge in [0.15, 0.2) is 0 Å². The first-order chi connectivity index (χ1) is 15.2. The number of nitrogens with zero attached hydrogens (tertiary/aromatic N) is 4. The van der Waals surface area contributed by atoms with Gasteiger partial charge in [0.25, 0.3) is 0 Å². The van der Waals surface area contributed by atoms with E-state index >= 15 is 0 Å². The van der Waals surface area contributed by atoms with E-state index in [4.69, 9.17) is 0 Å². The topological polar surface area (TPSA) is 146 Å². The van der Waals surface area contributed by atoms with E-state index in [1.54, 1.807) is 14.1 Å². The Morgan fingerprint density at radius 2 is 0.875 bits per heavy atom. The molecule has 1 aliphatic heterocycles. The van der Waals surface area contributed by atoms with Crippen LogP contribution in [0.3, 0.4) is 0 Å². The van der Waals surface area contributed by atoms with Crippen molar-refractivity contribution in [1.29, 1.82) is 0 Å². The van der Waals surface area contributed by atoms with Gasteiger partial charge in [-0.1, -0.05) is 0 Å². The number of amides is 2. The monoisotopic (exact) mass is 458 g/mol. The molecule has 184 valence electrons. The van der Waals surface area contributed by atoms with Crippen molar-refractivity contribution in [3.63, 3.8) is 0 Å². The lowest BCUT2D eigenvalue weighted by Crippen LogP contribution is -2.48. The molecular weight excluding hydrogens is 420 g/mol. The van der Waals surface area contributed by atoms with Gasteiger partial charge in [0.2, 0.25) is 11.8 Å². The van der Waals surface area contributed by atoms with Gasteiger partial charge in [-0.25, -0.2) is 0 Å². The third kappa shape index (κ3) is 12.5. The number of nitrogens with one attached hydrogen (secondary N) is 2. The fraction of sp³-hybridized carbons (Fsp3) is 0.800. The average Bonchev–Trinajstić information content (AvgIpc) is 2.74. The number of carboxylic acid groups (broad SMARTS) is 2. The van der Waals surface area contributed by atoms with Crippen LogP contribution in [0.5, 0.6) is 0 Å². The van der Waals surface area contributed by atoms with Crippen molar-refractivity contribution in [3.05, 3.63) is 0 Å². The molecule has 1 rings (SSSR count). The highest BCUT2D eigenvalue weighted by atomic mass is 16.4. The van der Waals surface area contributed by atoms with Gasteiger partial charge < -0.3 is 30.6 Å². The molecule has 0 atom stereocenters. The first-order valence-electron chi connectivity index (χ1n) is 11.0. The third-order valence-electron chi connectivity index (χ3n) is 5.52.